The standard InChI is InChI=1S/C23H27N3O3S.C4H8O.CH4O/c1-4-6-16(2)7-5-8-18(15-24)22(30-3)25-19-11-9-17(10-12-19)21(27)26-20-13-14-29-23(20)28;1-3-4-5-2;1-2/h4-6,8-12,16,20,25H,7,13-14H2,1-3H3,(H,26,27);3-4H,1-2H3;2H,1H3/b6-4-,8-5+,22-18+;4-3+;. The molecular formula is C28H39N3O5S. The minimum Gasteiger partial charge on any atom is -0.505 e. The third-order valence-electron chi connectivity index (χ3n) is 4.80. The largest absolute Gasteiger partial charge is 0.505 e. The molecule has 8 nitrogen and oxygen atoms in total. The Morgan fingerprint density at radius 1 is 1.30 bits per heavy atom. The van der Waals surface area contributed by atoms with Crippen LogP contribution in [0, 0.1) is 17.2 Å². The summed E-state index contributed by atoms with van der Waals surface area (Å²) in [6.07, 6.45) is 14.7. The first-order valence-electron chi connectivity index (χ1n) is 11.8. The maximum absolute atomic E-state index is 12.3. The van der Waals surface area contributed by atoms with E-state index in [4.69, 9.17) is 9.84 Å². The lowest BCUT2D eigenvalue weighted by Gasteiger charge is -2.12. The van der Waals surface area contributed by atoms with E-state index in [0.29, 0.717) is 30.1 Å². The summed E-state index contributed by atoms with van der Waals surface area (Å²) in [5, 5.41) is 23.2. The number of hydrogen-bond acceptors (Lipinski definition) is 8. The molecule has 9 heteroatoms. The number of rotatable bonds is 10. The molecule has 0 bridgehead atoms. The number of thioether (sulfide) groups is 1. The van der Waals surface area contributed by atoms with E-state index in [2.05, 4.69) is 34.4 Å². The number of amides is 1. The summed E-state index contributed by atoms with van der Waals surface area (Å²) in [5.41, 5.74) is 1.77. The highest BCUT2D eigenvalue weighted by Crippen LogP contribution is 2.22. The van der Waals surface area contributed by atoms with Gasteiger partial charge in [0.25, 0.3) is 5.91 Å². The molecule has 2 unspecified atom stereocenters. The Bertz CT molecular complexity index is 979. The highest BCUT2D eigenvalue weighted by Gasteiger charge is 2.28. The zero-order chi connectivity index (χ0) is 28.1. The van der Waals surface area contributed by atoms with Crippen molar-refractivity contribution in [2.24, 2.45) is 5.92 Å². The van der Waals surface area contributed by atoms with E-state index in [1.54, 1.807) is 37.6 Å². The van der Waals surface area contributed by atoms with Crippen molar-refractivity contribution in [3.05, 3.63) is 77.1 Å². The summed E-state index contributed by atoms with van der Waals surface area (Å²) in [7, 11) is 2.62. The molecule has 1 aromatic carbocycles. The smallest absolute Gasteiger partial charge is 0.328 e. The number of anilines is 1. The molecule has 37 heavy (non-hydrogen) atoms. The number of ether oxygens (including phenoxy) is 2. The van der Waals surface area contributed by atoms with Crippen LogP contribution in [-0.2, 0) is 14.3 Å². The number of benzene rings is 1. The molecule has 2 atom stereocenters. The fourth-order valence-corrected chi connectivity index (χ4v) is 3.59. The molecule has 1 amide bonds. The SMILES string of the molecule is C/C=C/OC.C/C=C\C(C)C/C=C/C(C#N)=C(/Nc1ccc(C(=O)NC2CCOC2=O)cc1)SC.CO. The molecule has 0 radical (unpaired) electrons. The zero-order valence-corrected chi connectivity index (χ0v) is 23.3. The van der Waals surface area contributed by atoms with Gasteiger partial charge < -0.3 is 25.2 Å². The number of cyclic esters (lactones) is 1. The first-order valence-corrected chi connectivity index (χ1v) is 13.0. The van der Waals surface area contributed by atoms with E-state index in [1.807, 2.05) is 44.4 Å². The first-order chi connectivity index (χ1) is 17.9. The molecule has 0 aromatic heterocycles. The Morgan fingerprint density at radius 2 is 1.97 bits per heavy atom. The van der Waals surface area contributed by atoms with Gasteiger partial charge in [-0.2, -0.15) is 5.26 Å². The minimum atomic E-state index is -0.582. The van der Waals surface area contributed by atoms with E-state index in [9.17, 15) is 14.9 Å². The number of carbonyl (C=O) groups excluding carboxylic acids is 2. The van der Waals surface area contributed by atoms with Gasteiger partial charge in [-0.3, -0.25) is 4.79 Å². The average Bonchev–Trinajstić information content (AvgIpc) is 3.32. The van der Waals surface area contributed by atoms with Crippen molar-refractivity contribution >= 4 is 29.3 Å². The van der Waals surface area contributed by atoms with Crippen LogP contribution in [0.3, 0.4) is 0 Å². The lowest BCUT2D eigenvalue weighted by molar-refractivity contribution is -0.139. The number of nitrogens with one attached hydrogen (secondary N) is 2. The van der Waals surface area contributed by atoms with Gasteiger partial charge in [0, 0.05) is 24.8 Å². The van der Waals surface area contributed by atoms with Crippen LogP contribution in [-0.4, -0.2) is 50.1 Å². The van der Waals surface area contributed by atoms with Gasteiger partial charge in [0.2, 0.25) is 0 Å². The Balaban J connectivity index is 0.00000165. The van der Waals surface area contributed by atoms with Crippen molar-refractivity contribution in [2.45, 2.75) is 39.7 Å². The molecule has 1 heterocycles. The number of allylic oxidation sites excluding steroid dienone is 6. The van der Waals surface area contributed by atoms with Gasteiger partial charge in [-0.1, -0.05) is 31.2 Å². The van der Waals surface area contributed by atoms with Crippen molar-refractivity contribution in [2.75, 3.05) is 32.4 Å². The summed E-state index contributed by atoms with van der Waals surface area (Å²) >= 11 is 1.45. The lowest BCUT2D eigenvalue weighted by atomic mass is 10.1. The summed E-state index contributed by atoms with van der Waals surface area (Å²) in [4.78, 5) is 23.8. The molecule has 1 saturated heterocycles. The quantitative estimate of drug-likeness (QED) is 0.125. The number of hydrogen-bond donors (Lipinski definition) is 3. The molecule has 2 rings (SSSR count). The van der Waals surface area contributed by atoms with Crippen LogP contribution in [0.25, 0.3) is 0 Å². The Labute approximate surface area is 225 Å². The molecule has 1 aliphatic heterocycles. The van der Waals surface area contributed by atoms with Gasteiger partial charge in [0.15, 0.2) is 0 Å². The summed E-state index contributed by atoms with van der Waals surface area (Å²) in [6.45, 7) is 6.36. The first kappa shape index (κ1) is 33.5. The second kappa shape index (κ2) is 20.7. The maximum atomic E-state index is 12.3. The highest BCUT2D eigenvalue weighted by atomic mass is 32.2. The number of methoxy groups -OCH3 is 1. The number of aliphatic hydroxyl groups excluding tert-OH is 1. The van der Waals surface area contributed by atoms with Gasteiger partial charge in [-0.25, -0.2) is 4.79 Å². The van der Waals surface area contributed by atoms with Gasteiger partial charge >= 0.3 is 5.97 Å². The average molecular weight is 530 g/mol. The molecular weight excluding hydrogens is 490 g/mol. The molecule has 3 N–H and O–H groups in total. The van der Waals surface area contributed by atoms with E-state index in [0.717, 1.165) is 24.2 Å². The van der Waals surface area contributed by atoms with Crippen LogP contribution in [0.4, 0.5) is 5.69 Å². The predicted octanol–water partition coefficient (Wildman–Crippen LogP) is 5.18. The van der Waals surface area contributed by atoms with Crippen molar-refractivity contribution in [1.82, 2.24) is 5.32 Å². The van der Waals surface area contributed by atoms with Crippen LogP contribution in [0.1, 0.15) is 44.0 Å². The molecule has 202 valence electrons. The summed E-state index contributed by atoms with van der Waals surface area (Å²) < 4.78 is 9.37. The second-order valence-electron chi connectivity index (χ2n) is 7.59. The van der Waals surface area contributed by atoms with Crippen molar-refractivity contribution in [1.29, 1.82) is 5.26 Å². The van der Waals surface area contributed by atoms with Crippen LogP contribution in [0.15, 0.2) is 71.5 Å². The molecule has 1 aromatic rings. The zero-order valence-electron chi connectivity index (χ0n) is 22.5. The Kier molecular flexibility index (Phi) is 18.7. The van der Waals surface area contributed by atoms with Crippen LogP contribution in [0.5, 0.6) is 0 Å². The maximum Gasteiger partial charge on any atom is 0.328 e. The third-order valence-corrected chi connectivity index (χ3v) is 5.53. The summed E-state index contributed by atoms with van der Waals surface area (Å²) in [6, 6.07) is 8.55. The number of nitriles is 1. The van der Waals surface area contributed by atoms with E-state index < -0.39 is 12.0 Å². The Morgan fingerprint density at radius 3 is 2.43 bits per heavy atom. The predicted molar refractivity (Wildman–Crippen MR) is 151 cm³/mol. The lowest BCUT2D eigenvalue weighted by Crippen LogP contribution is -2.37. The molecule has 1 aliphatic rings. The number of esters is 1. The Hall–Kier alpha value is -3.48. The molecule has 0 aliphatic carbocycles. The monoisotopic (exact) mass is 529 g/mol. The van der Waals surface area contributed by atoms with Gasteiger partial charge in [0.1, 0.15) is 12.1 Å². The molecule has 0 spiro atoms. The van der Waals surface area contributed by atoms with Gasteiger partial charge in [-0.05, 0) is 62.8 Å². The fraction of sp³-hybridized carbons (Fsp3) is 0.393. The minimum absolute atomic E-state index is 0.318. The van der Waals surface area contributed by atoms with E-state index >= 15 is 0 Å². The van der Waals surface area contributed by atoms with Crippen LogP contribution < -0.4 is 10.6 Å². The number of carbonyl (C=O) groups is 2. The van der Waals surface area contributed by atoms with E-state index in [1.165, 1.54) is 11.8 Å². The second-order valence-corrected chi connectivity index (χ2v) is 8.41. The normalized spacial score (nSPS) is 16.1. The number of aliphatic hydroxyl groups is 1. The third kappa shape index (κ3) is 13.4. The number of nitrogens with zero attached hydrogens (tertiary/aromatic N) is 1. The highest BCUT2D eigenvalue weighted by molar-refractivity contribution is 8.02. The van der Waals surface area contributed by atoms with Gasteiger partial charge in [0.05, 0.1) is 30.6 Å². The van der Waals surface area contributed by atoms with Crippen molar-refractivity contribution in [3.63, 3.8) is 0 Å². The fourth-order valence-electron chi connectivity index (χ4n) is 3.04. The molecule has 0 saturated carbocycles. The van der Waals surface area contributed by atoms with Crippen molar-refractivity contribution < 1.29 is 24.2 Å². The molecule has 1 fully saturated rings. The van der Waals surface area contributed by atoms with Crippen molar-refractivity contribution in [3.8, 4) is 6.07 Å². The van der Waals surface area contributed by atoms with Gasteiger partial charge in [-0.15, -0.1) is 11.8 Å². The van der Waals surface area contributed by atoms with E-state index in [-0.39, 0.29) is 5.91 Å². The van der Waals surface area contributed by atoms with Crippen LogP contribution >= 0.6 is 11.8 Å². The van der Waals surface area contributed by atoms with Crippen LogP contribution in [0.2, 0.25) is 0 Å². The topological polar surface area (TPSA) is 121 Å². The summed E-state index contributed by atoms with van der Waals surface area (Å²) in [5.74, 6) is -0.294.